The molecular formula is C18H19N3O2S. The lowest BCUT2D eigenvalue weighted by molar-refractivity contribution is 0.0962. The van der Waals surface area contributed by atoms with Crippen LogP contribution in [-0.4, -0.2) is 15.6 Å². The van der Waals surface area contributed by atoms with Crippen molar-refractivity contribution in [2.75, 3.05) is 0 Å². The first-order valence-electron chi connectivity index (χ1n) is 7.96. The molecule has 0 saturated carbocycles. The molecule has 24 heavy (non-hydrogen) atoms. The smallest absolute Gasteiger partial charge is 0.318 e. The Morgan fingerprint density at radius 3 is 3.04 bits per heavy atom. The Hall–Kier alpha value is -2.47. The molecule has 0 atom stereocenters. The first-order valence-corrected chi connectivity index (χ1v) is 8.77. The fraction of sp³-hybridized carbons (Fsp3) is 0.278. The molecule has 0 aliphatic carbocycles. The number of allylic oxidation sites excluding steroid dienone is 1. The lowest BCUT2D eigenvalue weighted by atomic mass is 10.1. The van der Waals surface area contributed by atoms with E-state index in [9.17, 15) is 4.79 Å². The van der Waals surface area contributed by atoms with Crippen LogP contribution in [0.4, 0.5) is 0 Å². The highest BCUT2D eigenvalue weighted by molar-refractivity contribution is 7.16. The van der Waals surface area contributed by atoms with E-state index in [0.717, 1.165) is 16.6 Å². The third-order valence-corrected chi connectivity index (χ3v) is 4.76. The van der Waals surface area contributed by atoms with E-state index < -0.39 is 5.91 Å². The zero-order valence-corrected chi connectivity index (χ0v) is 14.4. The molecule has 2 heterocycles. The number of hydrogen-bond acceptors (Lipinski definition) is 4. The Labute approximate surface area is 143 Å². The van der Waals surface area contributed by atoms with Gasteiger partial charge in [-0.15, -0.1) is 6.58 Å². The van der Waals surface area contributed by atoms with Crippen LogP contribution in [0.3, 0.4) is 0 Å². The molecule has 0 aliphatic heterocycles. The number of carbonyl (C=O) groups excluding carboxylic acids is 1. The highest BCUT2D eigenvalue weighted by atomic mass is 32.1. The van der Waals surface area contributed by atoms with E-state index in [4.69, 9.17) is 4.52 Å². The fourth-order valence-corrected chi connectivity index (χ4v) is 3.61. The Kier molecular flexibility index (Phi) is 5.05. The Bertz CT molecular complexity index is 920. The molecule has 3 rings (SSSR count). The zero-order valence-electron chi connectivity index (χ0n) is 13.6. The van der Waals surface area contributed by atoms with Crippen LogP contribution in [0.5, 0.6) is 0 Å². The van der Waals surface area contributed by atoms with Gasteiger partial charge in [0.2, 0.25) is 5.76 Å². The standard InChI is InChI=1S/C18H19N3O2S/c1-3-5-6-13-7-8-14-16(12-13)24-18(21(14)11-4-2)20-17(22)15-9-10-19-23-15/h4,7-10,12H,2-3,5-6,11H2,1H3. The molecule has 2 aromatic heterocycles. The van der Waals surface area contributed by atoms with Gasteiger partial charge in [0.1, 0.15) is 0 Å². The van der Waals surface area contributed by atoms with Crippen LogP contribution in [0.2, 0.25) is 0 Å². The summed E-state index contributed by atoms with van der Waals surface area (Å²) >= 11 is 1.50. The quantitative estimate of drug-likeness (QED) is 0.638. The predicted octanol–water partition coefficient (Wildman–Crippen LogP) is 3.96. The van der Waals surface area contributed by atoms with Crippen molar-refractivity contribution in [3.8, 4) is 0 Å². The fourth-order valence-electron chi connectivity index (χ4n) is 2.51. The van der Waals surface area contributed by atoms with E-state index in [1.165, 1.54) is 42.0 Å². The summed E-state index contributed by atoms with van der Waals surface area (Å²) in [5, 5.41) is 3.55. The van der Waals surface area contributed by atoms with Gasteiger partial charge in [-0.25, -0.2) is 0 Å². The molecule has 124 valence electrons. The highest BCUT2D eigenvalue weighted by Gasteiger charge is 2.11. The van der Waals surface area contributed by atoms with Gasteiger partial charge in [-0.2, -0.15) is 4.99 Å². The molecule has 0 N–H and O–H groups in total. The molecule has 0 aliphatic rings. The van der Waals surface area contributed by atoms with Crippen LogP contribution < -0.4 is 4.80 Å². The molecule has 0 spiro atoms. The van der Waals surface area contributed by atoms with Crippen LogP contribution in [-0.2, 0) is 13.0 Å². The van der Waals surface area contributed by atoms with Crippen LogP contribution in [0, 0.1) is 0 Å². The number of benzene rings is 1. The molecule has 0 fully saturated rings. The number of amides is 1. The zero-order chi connectivity index (χ0) is 16.9. The molecule has 0 bridgehead atoms. The van der Waals surface area contributed by atoms with Crippen LogP contribution in [0.25, 0.3) is 10.2 Å². The summed E-state index contributed by atoms with van der Waals surface area (Å²) in [5.41, 5.74) is 2.37. The minimum atomic E-state index is -0.428. The van der Waals surface area contributed by atoms with Crippen LogP contribution >= 0.6 is 11.3 Å². The minimum Gasteiger partial charge on any atom is -0.351 e. The van der Waals surface area contributed by atoms with Crippen LogP contribution in [0.1, 0.15) is 35.9 Å². The second kappa shape index (κ2) is 7.40. The van der Waals surface area contributed by atoms with Gasteiger partial charge in [0.05, 0.1) is 16.4 Å². The number of unbranched alkanes of at least 4 members (excludes halogenated alkanes) is 1. The molecule has 5 nitrogen and oxygen atoms in total. The second-order valence-corrected chi connectivity index (χ2v) is 6.49. The number of aromatic nitrogens is 2. The topological polar surface area (TPSA) is 60.4 Å². The average Bonchev–Trinajstić information content (AvgIpc) is 3.22. The largest absolute Gasteiger partial charge is 0.351 e. The lowest BCUT2D eigenvalue weighted by Crippen LogP contribution is -2.16. The van der Waals surface area contributed by atoms with Crippen molar-refractivity contribution in [3.63, 3.8) is 0 Å². The number of aryl methyl sites for hydroxylation is 1. The van der Waals surface area contributed by atoms with Gasteiger partial charge < -0.3 is 9.09 Å². The van der Waals surface area contributed by atoms with E-state index >= 15 is 0 Å². The highest BCUT2D eigenvalue weighted by Crippen LogP contribution is 2.20. The Balaban J connectivity index is 2.07. The van der Waals surface area contributed by atoms with Crippen LogP contribution in [0.15, 0.2) is 52.6 Å². The summed E-state index contributed by atoms with van der Waals surface area (Å²) in [6.45, 7) is 6.58. The summed E-state index contributed by atoms with van der Waals surface area (Å²) in [7, 11) is 0. The first-order chi connectivity index (χ1) is 11.7. The van der Waals surface area contributed by atoms with Gasteiger partial charge in [0.25, 0.3) is 0 Å². The van der Waals surface area contributed by atoms with Crippen molar-refractivity contribution in [1.29, 1.82) is 0 Å². The van der Waals surface area contributed by atoms with Crippen molar-refractivity contribution in [2.24, 2.45) is 4.99 Å². The molecule has 0 unspecified atom stereocenters. The summed E-state index contributed by atoms with van der Waals surface area (Å²) in [4.78, 5) is 17.0. The van der Waals surface area contributed by atoms with E-state index in [0.29, 0.717) is 11.3 Å². The Morgan fingerprint density at radius 1 is 1.46 bits per heavy atom. The second-order valence-electron chi connectivity index (χ2n) is 5.48. The molecule has 6 heteroatoms. The number of fused-ring (bicyclic) bond motifs is 1. The number of thiazole rings is 1. The average molecular weight is 341 g/mol. The van der Waals surface area contributed by atoms with E-state index in [1.54, 1.807) is 6.08 Å². The molecular weight excluding hydrogens is 322 g/mol. The van der Waals surface area contributed by atoms with Gasteiger partial charge >= 0.3 is 5.91 Å². The van der Waals surface area contributed by atoms with Crippen molar-refractivity contribution in [3.05, 3.63) is 59.2 Å². The maximum absolute atomic E-state index is 12.2. The monoisotopic (exact) mass is 341 g/mol. The van der Waals surface area contributed by atoms with Gasteiger partial charge in [0.15, 0.2) is 4.80 Å². The summed E-state index contributed by atoms with van der Waals surface area (Å²) in [5.74, 6) is -0.288. The SMILES string of the molecule is C=CCn1c(=NC(=O)c2ccno2)sc2cc(CCCC)ccc21. The molecule has 0 radical (unpaired) electrons. The van der Waals surface area contributed by atoms with Gasteiger partial charge in [0, 0.05) is 12.6 Å². The van der Waals surface area contributed by atoms with Crippen molar-refractivity contribution >= 4 is 27.5 Å². The molecule has 1 amide bonds. The summed E-state index contributed by atoms with van der Waals surface area (Å²) < 4.78 is 8.00. The van der Waals surface area contributed by atoms with E-state index in [1.807, 2.05) is 4.57 Å². The van der Waals surface area contributed by atoms with Crippen molar-refractivity contribution < 1.29 is 9.32 Å². The summed E-state index contributed by atoms with van der Waals surface area (Å²) in [6, 6.07) is 7.94. The third kappa shape index (κ3) is 3.38. The maximum atomic E-state index is 12.2. The minimum absolute atomic E-state index is 0.140. The maximum Gasteiger partial charge on any atom is 0.318 e. The lowest BCUT2D eigenvalue weighted by Gasteiger charge is -2.03. The van der Waals surface area contributed by atoms with Crippen molar-refractivity contribution in [1.82, 2.24) is 9.72 Å². The molecule has 3 aromatic rings. The number of carbonyl (C=O) groups is 1. The van der Waals surface area contributed by atoms with Gasteiger partial charge in [-0.3, -0.25) is 4.79 Å². The third-order valence-electron chi connectivity index (χ3n) is 3.72. The first kappa shape index (κ1) is 16.4. The Morgan fingerprint density at radius 2 is 2.33 bits per heavy atom. The normalized spacial score (nSPS) is 12.0. The van der Waals surface area contributed by atoms with Crippen molar-refractivity contribution in [2.45, 2.75) is 32.7 Å². The number of hydrogen-bond donors (Lipinski definition) is 0. The van der Waals surface area contributed by atoms with E-state index in [-0.39, 0.29) is 5.76 Å². The van der Waals surface area contributed by atoms with Gasteiger partial charge in [-0.05, 0) is 30.5 Å². The number of rotatable bonds is 6. The summed E-state index contributed by atoms with van der Waals surface area (Å²) in [6.07, 6.45) is 6.64. The predicted molar refractivity (Wildman–Crippen MR) is 95.0 cm³/mol. The van der Waals surface area contributed by atoms with Gasteiger partial charge in [-0.1, -0.05) is 42.0 Å². The van der Waals surface area contributed by atoms with E-state index in [2.05, 4.69) is 41.9 Å². The molecule has 1 aromatic carbocycles. The molecule has 0 saturated heterocycles. The number of nitrogens with zero attached hydrogens (tertiary/aromatic N) is 3.